The highest BCUT2D eigenvalue weighted by atomic mass is 35.5. The number of sulfonamides is 1. The number of amides is 1. The minimum Gasteiger partial charge on any atom is -0.325 e. The second-order valence-electron chi connectivity index (χ2n) is 5.70. The Morgan fingerprint density at radius 1 is 1.10 bits per heavy atom. The fourth-order valence-electron chi connectivity index (χ4n) is 2.22. The molecule has 3 N–H and O–H groups in total. The van der Waals surface area contributed by atoms with E-state index in [9.17, 15) is 18.0 Å². The number of aromatic amines is 1. The molecule has 150 valence electrons. The van der Waals surface area contributed by atoms with Crippen molar-refractivity contribution >= 4 is 50.8 Å². The van der Waals surface area contributed by atoms with Gasteiger partial charge in [-0.2, -0.15) is 0 Å². The topological polar surface area (TPSA) is 121 Å². The van der Waals surface area contributed by atoms with E-state index in [1.165, 1.54) is 12.1 Å². The van der Waals surface area contributed by atoms with Gasteiger partial charge in [0.25, 0.3) is 15.6 Å². The van der Waals surface area contributed by atoms with Crippen molar-refractivity contribution in [2.24, 2.45) is 0 Å². The number of thioether (sulfide) groups is 1. The van der Waals surface area contributed by atoms with E-state index >= 15 is 0 Å². The van der Waals surface area contributed by atoms with Gasteiger partial charge in [-0.15, -0.1) is 0 Å². The van der Waals surface area contributed by atoms with E-state index < -0.39 is 15.6 Å². The molecule has 0 radical (unpaired) electrons. The van der Waals surface area contributed by atoms with Gasteiger partial charge in [-0.3, -0.25) is 14.3 Å². The molecule has 2 aromatic carbocycles. The van der Waals surface area contributed by atoms with Crippen molar-refractivity contribution in [2.45, 2.75) is 10.1 Å². The molecule has 0 aliphatic heterocycles. The van der Waals surface area contributed by atoms with E-state index in [-0.39, 0.29) is 27.5 Å². The lowest BCUT2D eigenvalue weighted by Gasteiger charge is -2.08. The first-order valence-corrected chi connectivity index (χ1v) is 11.0. The molecule has 1 heterocycles. The molecule has 0 spiro atoms. The zero-order valence-electron chi connectivity index (χ0n) is 14.8. The molecule has 1 aromatic heterocycles. The molecule has 0 fully saturated rings. The molecule has 0 atom stereocenters. The van der Waals surface area contributed by atoms with Gasteiger partial charge in [0.1, 0.15) is 5.82 Å². The average molecular weight is 451 g/mol. The number of H-pyrrole nitrogens is 1. The zero-order valence-corrected chi connectivity index (χ0v) is 17.1. The van der Waals surface area contributed by atoms with Gasteiger partial charge in [-0.1, -0.05) is 41.6 Å². The van der Waals surface area contributed by atoms with Crippen LogP contribution in [0, 0.1) is 0 Å². The predicted octanol–water partition coefficient (Wildman–Crippen LogP) is 2.95. The zero-order chi connectivity index (χ0) is 20.9. The maximum absolute atomic E-state index is 12.4. The van der Waals surface area contributed by atoms with Crippen molar-refractivity contribution in [3.8, 4) is 0 Å². The summed E-state index contributed by atoms with van der Waals surface area (Å²) >= 11 is 6.76. The minimum absolute atomic E-state index is 0.0404. The smallest absolute Gasteiger partial charge is 0.263 e. The van der Waals surface area contributed by atoms with Crippen LogP contribution in [-0.4, -0.2) is 30.0 Å². The number of hydrogen-bond acceptors (Lipinski definition) is 6. The van der Waals surface area contributed by atoms with Crippen LogP contribution < -0.4 is 15.6 Å². The van der Waals surface area contributed by atoms with Crippen molar-refractivity contribution in [1.82, 2.24) is 9.97 Å². The van der Waals surface area contributed by atoms with E-state index in [1.807, 2.05) is 0 Å². The highest BCUT2D eigenvalue weighted by Gasteiger charge is 2.15. The van der Waals surface area contributed by atoms with E-state index in [2.05, 4.69) is 20.0 Å². The molecule has 0 aliphatic carbocycles. The van der Waals surface area contributed by atoms with Crippen LogP contribution in [0.2, 0.25) is 5.02 Å². The summed E-state index contributed by atoms with van der Waals surface area (Å²) in [6, 6.07) is 15.3. The van der Waals surface area contributed by atoms with Gasteiger partial charge in [-0.05, 0) is 36.4 Å². The van der Waals surface area contributed by atoms with E-state index in [1.54, 1.807) is 42.5 Å². The molecule has 8 nitrogen and oxygen atoms in total. The van der Waals surface area contributed by atoms with Crippen molar-refractivity contribution in [3.63, 3.8) is 0 Å². The van der Waals surface area contributed by atoms with Crippen LogP contribution in [0.15, 0.2) is 75.5 Å². The molecule has 0 aliphatic rings. The average Bonchev–Trinajstić information content (AvgIpc) is 2.68. The second kappa shape index (κ2) is 9.12. The van der Waals surface area contributed by atoms with Crippen molar-refractivity contribution in [3.05, 3.63) is 76.0 Å². The molecule has 0 saturated heterocycles. The van der Waals surface area contributed by atoms with Gasteiger partial charge in [0, 0.05) is 16.8 Å². The summed E-state index contributed by atoms with van der Waals surface area (Å²) in [5, 5.41) is 3.33. The Balaban J connectivity index is 1.67. The Kier molecular flexibility index (Phi) is 6.57. The first kappa shape index (κ1) is 20.9. The number of halogens is 1. The first-order valence-electron chi connectivity index (χ1n) is 8.19. The highest BCUT2D eigenvalue weighted by molar-refractivity contribution is 7.99. The molecule has 3 rings (SSSR count). The maximum atomic E-state index is 12.4. The van der Waals surface area contributed by atoms with Gasteiger partial charge in [-0.25, -0.2) is 13.4 Å². The number of carbonyl (C=O) groups excluding carboxylic acids is 1. The molecule has 11 heteroatoms. The molecular weight excluding hydrogens is 436 g/mol. The summed E-state index contributed by atoms with van der Waals surface area (Å²) in [7, 11) is -3.89. The summed E-state index contributed by atoms with van der Waals surface area (Å²) < 4.78 is 27.0. The molecule has 0 saturated carbocycles. The monoisotopic (exact) mass is 450 g/mol. The quantitative estimate of drug-likeness (QED) is 0.376. The van der Waals surface area contributed by atoms with E-state index in [0.717, 1.165) is 17.8 Å². The van der Waals surface area contributed by atoms with Crippen molar-refractivity contribution < 1.29 is 13.2 Å². The van der Waals surface area contributed by atoms with Crippen molar-refractivity contribution in [1.29, 1.82) is 0 Å². The summed E-state index contributed by atoms with van der Waals surface area (Å²) in [6.45, 7) is 0. The number of nitrogens with one attached hydrogen (secondary N) is 3. The Bertz CT molecular complexity index is 1170. The number of carbonyl (C=O) groups is 1. The van der Waals surface area contributed by atoms with Crippen LogP contribution in [0.1, 0.15) is 0 Å². The minimum atomic E-state index is -3.89. The Morgan fingerprint density at radius 2 is 1.79 bits per heavy atom. The SMILES string of the molecule is O=C(CSc1nc(NS(=O)(=O)c2ccccc2)cc(=O)[nH]1)Nc1ccc(Cl)cc1. The standard InChI is InChI=1S/C18H15ClN4O4S2/c19-12-6-8-13(9-7-12)20-17(25)11-28-18-21-15(10-16(24)22-18)23-29(26,27)14-4-2-1-3-5-14/h1-10H,11H2,(H,20,25)(H2,21,22,23,24). The third-order valence-corrected chi connectivity index (χ3v) is 5.98. The number of benzene rings is 2. The summed E-state index contributed by atoms with van der Waals surface area (Å²) in [5.74, 6) is -0.506. The molecule has 1 amide bonds. The Morgan fingerprint density at radius 3 is 2.48 bits per heavy atom. The van der Waals surface area contributed by atoms with Gasteiger partial charge >= 0.3 is 0 Å². The number of rotatable bonds is 7. The molecule has 0 bridgehead atoms. The molecule has 29 heavy (non-hydrogen) atoms. The highest BCUT2D eigenvalue weighted by Crippen LogP contribution is 2.18. The Labute approximate surface area is 175 Å². The lowest BCUT2D eigenvalue weighted by atomic mass is 10.3. The number of aromatic nitrogens is 2. The third kappa shape index (κ3) is 6.08. The van der Waals surface area contributed by atoms with Crippen LogP contribution in [0.3, 0.4) is 0 Å². The van der Waals surface area contributed by atoms with Crippen LogP contribution in [0.5, 0.6) is 0 Å². The van der Waals surface area contributed by atoms with Crippen LogP contribution in [0.4, 0.5) is 11.5 Å². The first-order chi connectivity index (χ1) is 13.8. The molecule has 0 unspecified atom stereocenters. The largest absolute Gasteiger partial charge is 0.325 e. The number of anilines is 2. The lowest BCUT2D eigenvalue weighted by Crippen LogP contribution is -2.18. The summed E-state index contributed by atoms with van der Waals surface area (Å²) in [6.07, 6.45) is 0. The fraction of sp³-hybridized carbons (Fsp3) is 0.0556. The van der Waals surface area contributed by atoms with Gasteiger partial charge in [0.2, 0.25) is 5.91 Å². The maximum Gasteiger partial charge on any atom is 0.263 e. The fourth-order valence-corrected chi connectivity index (χ4v) is 4.03. The predicted molar refractivity (Wildman–Crippen MR) is 113 cm³/mol. The van der Waals surface area contributed by atoms with Crippen molar-refractivity contribution in [2.75, 3.05) is 15.8 Å². The van der Waals surface area contributed by atoms with Crippen LogP contribution >= 0.6 is 23.4 Å². The normalized spacial score (nSPS) is 11.1. The van der Waals surface area contributed by atoms with E-state index in [0.29, 0.717) is 10.7 Å². The van der Waals surface area contributed by atoms with Gasteiger partial charge in [0.15, 0.2) is 5.16 Å². The van der Waals surface area contributed by atoms with E-state index in [4.69, 9.17) is 11.6 Å². The third-order valence-electron chi connectivity index (χ3n) is 3.48. The lowest BCUT2D eigenvalue weighted by molar-refractivity contribution is -0.113. The second-order valence-corrected chi connectivity index (χ2v) is 8.78. The van der Waals surface area contributed by atoms with Gasteiger partial charge < -0.3 is 10.3 Å². The Hall–Kier alpha value is -2.82. The summed E-state index contributed by atoms with van der Waals surface area (Å²) in [5.41, 5.74) is 0.0252. The number of hydrogen-bond donors (Lipinski definition) is 3. The number of nitrogens with zero attached hydrogens (tertiary/aromatic N) is 1. The van der Waals surface area contributed by atoms with Crippen LogP contribution in [-0.2, 0) is 14.8 Å². The van der Waals surface area contributed by atoms with Crippen LogP contribution in [0.25, 0.3) is 0 Å². The molecular formula is C18H15ClN4O4S2. The molecule has 3 aromatic rings. The van der Waals surface area contributed by atoms with Gasteiger partial charge in [0.05, 0.1) is 10.6 Å². The summed E-state index contributed by atoms with van der Waals surface area (Å²) in [4.78, 5) is 30.5.